The molecule has 12 heteroatoms. The van der Waals surface area contributed by atoms with Crippen molar-refractivity contribution in [1.82, 2.24) is 0 Å². The molecule has 0 saturated heterocycles. The molecule has 0 aromatic heterocycles. The lowest BCUT2D eigenvalue weighted by Gasteiger charge is -2.15. The van der Waals surface area contributed by atoms with Crippen LogP contribution in [0, 0.1) is 29.1 Å². The Morgan fingerprint density at radius 2 is 1.50 bits per heavy atom. The third-order valence-corrected chi connectivity index (χ3v) is 5.38. The fourth-order valence-electron chi connectivity index (χ4n) is 3.42. The zero-order valence-electron chi connectivity index (χ0n) is 19.9. The summed E-state index contributed by atoms with van der Waals surface area (Å²) in [7, 11) is 2.93. The van der Waals surface area contributed by atoms with Crippen molar-refractivity contribution in [1.29, 1.82) is 0 Å². The van der Waals surface area contributed by atoms with E-state index in [9.17, 15) is 31.5 Å². The second-order valence-corrected chi connectivity index (χ2v) is 7.79. The first kappa shape index (κ1) is 26.5. The van der Waals surface area contributed by atoms with Crippen molar-refractivity contribution < 1.29 is 55.2 Å². The van der Waals surface area contributed by atoms with Gasteiger partial charge < -0.3 is 23.7 Å². The zero-order valence-corrected chi connectivity index (χ0v) is 19.9. The molecule has 38 heavy (non-hydrogen) atoms. The van der Waals surface area contributed by atoms with Gasteiger partial charge in [-0.1, -0.05) is 0 Å². The molecule has 0 fully saturated rings. The normalized spacial score (nSPS) is 14.1. The van der Waals surface area contributed by atoms with Gasteiger partial charge >= 0.3 is 5.97 Å². The number of benzene rings is 3. The molecule has 3 aromatic carbocycles. The molecule has 0 amide bonds. The van der Waals surface area contributed by atoms with Crippen LogP contribution in [0.25, 0.3) is 6.08 Å². The van der Waals surface area contributed by atoms with Gasteiger partial charge in [0.15, 0.2) is 17.6 Å². The van der Waals surface area contributed by atoms with E-state index in [-0.39, 0.29) is 22.8 Å². The summed E-state index contributed by atoms with van der Waals surface area (Å²) in [6, 6.07) is 8.72. The third-order valence-electron chi connectivity index (χ3n) is 5.38. The maximum absolute atomic E-state index is 13.9. The van der Waals surface area contributed by atoms with Crippen LogP contribution in [0.1, 0.15) is 22.8 Å². The highest BCUT2D eigenvalue weighted by molar-refractivity contribution is 6.14. The Kier molecular flexibility index (Phi) is 7.24. The maximum atomic E-state index is 13.9. The number of methoxy groups -OCH3 is 2. The summed E-state index contributed by atoms with van der Waals surface area (Å²) in [5.41, 5.74) is 0.685. The van der Waals surface area contributed by atoms with Crippen molar-refractivity contribution in [3.8, 4) is 28.7 Å². The van der Waals surface area contributed by atoms with E-state index < -0.39 is 52.7 Å². The number of allylic oxidation sites excluding steroid dienone is 1. The van der Waals surface area contributed by atoms with Gasteiger partial charge in [-0.3, -0.25) is 4.79 Å². The first-order valence-electron chi connectivity index (χ1n) is 10.8. The Balaban J connectivity index is 1.51. The Morgan fingerprint density at radius 1 is 0.868 bits per heavy atom. The van der Waals surface area contributed by atoms with Gasteiger partial charge in [0.25, 0.3) is 0 Å². The lowest BCUT2D eigenvalue weighted by Crippen LogP contribution is -2.29. The first-order chi connectivity index (χ1) is 18.0. The average Bonchev–Trinajstić information content (AvgIpc) is 3.22. The SMILES string of the molecule is COc1ccc(/C=C2\Oc3cc(OC(=O)C(C)Oc4c(F)c(F)c(F)c(F)c4F)ccc3C2=O)c(OC)c1. The van der Waals surface area contributed by atoms with Gasteiger partial charge in [0.1, 0.15) is 23.0 Å². The van der Waals surface area contributed by atoms with E-state index in [1.54, 1.807) is 18.2 Å². The topological polar surface area (TPSA) is 80.3 Å². The van der Waals surface area contributed by atoms with Gasteiger partial charge in [0, 0.05) is 17.7 Å². The number of ketones is 1. The number of ether oxygens (including phenoxy) is 5. The summed E-state index contributed by atoms with van der Waals surface area (Å²) in [6.07, 6.45) is -0.330. The molecule has 1 aliphatic rings. The molecule has 0 aliphatic carbocycles. The van der Waals surface area contributed by atoms with Crippen LogP contribution < -0.4 is 23.7 Å². The summed E-state index contributed by atoms with van der Waals surface area (Å²) in [4.78, 5) is 25.1. The lowest BCUT2D eigenvalue weighted by atomic mass is 10.1. The zero-order chi connectivity index (χ0) is 27.7. The number of halogens is 5. The Bertz CT molecular complexity index is 1460. The molecule has 198 valence electrons. The minimum atomic E-state index is -2.37. The van der Waals surface area contributed by atoms with E-state index in [1.807, 2.05) is 0 Å². The molecule has 1 aliphatic heterocycles. The summed E-state index contributed by atoms with van der Waals surface area (Å²) < 4.78 is 93.5. The maximum Gasteiger partial charge on any atom is 0.352 e. The molecule has 1 unspecified atom stereocenters. The van der Waals surface area contributed by atoms with Crippen LogP contribution in [0.4, 0.5) is 22.0 Å². The summed E-state index contributed by atoms with van der Waals surface area (Å²) >= 11 is 0. The van der Waals surface area contributed by atoms with Gasteiger partial charge in [-0.05, 0) is 37.3 Å². The fraction of sp³-hybridized carbons (Fsp3) is 0.154. The minimum Gasteiger partial charge on any atom is -0.497 e. The molecule has 0 radical (unpaired) electrons. The number of hydrogen-bond donors (Lipinski definition) is 0. The van der Waals surface area contributed by atoms with Crippen molar-refractivity contribution in [3.63, 3.8) is 0 Å². The standard InChI is InChI=1S/C26H17F5O7/c1-11(36-25-22(30)20(28)19(27)21(29)23(25)31)26(33)37-14-6-7-15-17(10-14)38-18(24(15)32)8-12-4-5-13(34-2)9-16(12)35-3/h4-11H,1-3H3/b18-8-. The summed E-state index contributed by atoms with van der Waals surface area (Å²) in [6.45, 7) is 0.983. The number of rotatable bonds is 7. The Morgan fingerprint density at radius 3 is 2.13 bits per heavy atom. The van der Waals surface area contributed by atoms with E-state index in [1.165, 1.54) is 38.5 Å². The molecule has 3 aromatic rings. The highest BCUT2D eigenvalue weighted by atomic mass is 19.2. The molecule has 0 saturated carbocycles. The Labute approximate surface area is 211 Å². The van der Waals surface area contributed by atoms with Gasteiger partial charge in [-0.15, -0.1) is 0 Å². The molecule has 0 bridgehead atoms. The van der Waals surface area contributed by atoms with Crippen molar-refractivity contribution in [2.24, 2.45) is 0 Å². The summed E-state index contributed by atoms with van der Waals surface area (Å²) in [5, 5.41) is 0. The quantitative estimate of drug-likeness (QED) is 0.100. The van der Waals surface area contributed by atoms with Crippen LogP contribution >= 0.6 is 0 Å². The lowest BCUT2D eigenvalue weighted by molar-refractivity contribution is -0.141. The van der Waals surface area contributed by atoms with Crippen LogP contribution in [0.2, 0.25) is 0 Å². The third kappa shape index (κ3) is 4.84. The van der Waals surface area contributed by atoms with Crippen LogP contribution in [0.3, 0.4) is 0 Å². The molecule has 1 heterocycles. The van der Waals surface area contributed by atoms with E-state index in [4.69, 9.17) is 18.9 Å². The second kappa shape index (κ2) is 10.4. The van der Waals surface area contributed by atoms with Crippen molar-refractivity contribution >= 4 is 17.8 Å². The monoisotopic (exact) mass is 536 g/mol. The second-order valence-electron chi connectivity index (χ2n) is 7.79. The first-order valence-corrected chi connectivity index (χ1v) is 10.8. The van der Waals surface area contributed by atoms with E-state index in [0.717, 1.165) is 6.92 Å². The Hall–Kier alpha value is -4.61. The van der Waals surface area contributed by atoms with Gasteiger partial charge in [-0.2, -0.15) is 8.78 Å². The van der Waals surface area contributed by atoms with Crippen LogP contribution in [0.5, 0.6) is 28.7 Å². The van der Waals surface area contributed by atoms with Crippen molar-refractivity contribution in [2.45, 2.75) is 13.0 Å². The van der Waals surface area contributed by atoms with Gasteiger partial charge in [-0.25, -0.2) is 18.0 Å². The van der Waals surface area contributed by atoms with Crippen LogP contribution in [0.15, 0.2) is 42.2 Å². The van der Waals surface area contributed by atoms with E-state index in [2.05, 4.69) is 4.74 Å². The average molecular weight is 536 g/mol. The predicted octanol–water partition coefficient (Wildman–Crippen LogP) is 5.39. The van der Waals surface area contributed by atoms with E-state index in [0.29, 0.717) is 17.1 Å². The van der Waals surface area contributed by atoms with Crippen molar-refractivity contribution in [2.75, 3.05) is 14.2 Å². The highest BCUT2D eigenvalue weighted by Gasteiger charge is 2.31. The fourth-order valence-corrected chi connectivity index (χ4v) is 3.42. The van der Waals surface area contributed by atoms with Gasteiger partial charge in [0.2, 0.25) is 34.9 Å². The number of carbonyl (C=O) groups excluding carboxylic acids is 2. The predicted molar refractivity (Wildman–Crippen MR) is 121 cm³/mol. The molecular weight excluding hydrogens is 519 g/mol. The van der Waals surface area contributed by atoms with Crippen LogP contribution in [-0.2, 0) is 4.79 Å². The van der Waals surface area contributed by atoms with Crippen LogP contribution in [-0.4, -0.2) is 32.1 Å². The smallest absolute Gasteiger partial charge is 0.352 e. The van der Waals surface area contributed by atoms with Gasteiger partial charge in [0.05, 0.1) is 19.8 Å². The number of hydrogen-bond acceptors (Lipinski definition) is 7. The van der Waals surface area contributed by atoms with E-state index >= 15 is 0 Å². The number of fused-ring (bicyclic) bond motifs is 1. The number of esters is 1. The van der Waals surface area contributed by atoms with Crippen molar-refractivity contribution in [3.05, 3.63) is 82.4 Å². The number of carbonyl (C=O) groups is 2. The molecular formula is C26H17F5O7. The highest BCUT2D eigenvalue weighted by Crippen LogP contribution is 2.37. The molecule has 7 nitrogen and oxygen atoms in total. The molecule has 1 atom stereocenters. The minimum absolute atomic E-state index is 0.0463. The molecule has 0 N–H and O–H groups in total. The largest absolute Gasteiger partial charge is 0.497 e. The number of Topliss-reactive ketones (excluding diaryl/α,β-unsaturated/α-hetero) is 1. The summed E-state index contributed by atoms with van der Waals surface area (Å²) in [5.74, 6) is -13.8. The molecule has 4 rings (SSSR count). The molecule has 0 spiro atoms.